The van der Waals surface area contributed by atoms with Crippen LogP contribution in [0.3, 0.4) is 0 Å². The largest absolute Gasteiger partial charge is 0.480 e. The molecule has 1 fully saturated rings. The van der Waals surface area contributed by atoms with E-state index in [9.17, 15) is 9.90 Å². The van der Waals surface area contributed by atoms with E-state index in [1.54, 1.807) is 0 Å². The van der Waals surface area contributed by atoms with Crippen molar-refractivity contribution in [2.75, 3.05) is 11.5 Å². The predicted octanol–water partition coefficient (Wildman–Crippen LogP) is 1.07. The highest BCUT2D eigenvalue weighted by molar-refractivity contribution is 7.99. The Kier molecular flexibility index (Phi) is 6.16. The molecule has 1 aliphatic carbocycles. The Bertz CT molecular complexity index is 219. The van der Waals surface area contributed by atoms with Crippen LogP contribution in [0, 0.1) is 5.92 Å². The van der Waals surface area contributed by atoms with E-state index in [2.05, 4.69) is 0 Å². The Morgan fingerprint density at radius 3 is 2.56 bits per heavy atom. The molecule has 16 heavy (non-hydrogen) atoms. The summed E-state index contributed by atoms with van der Waals surface area (Å²) in [6, 6.07) is -0.816. The van der Waals surface area contributed by atoms with Gasteiger partial charge >= 0.3 is 5.97 Å². The van der Waals surface area contributed by atoms with Crippen molar-refractivity contribution >= 4 is 17.7 Å². The first kappa shape index (κ1) is 13.8. The van der Waals surface area contributed by atoms with E-state index in [1.807, 2.05) is 0 Å². The fraction of sp³-hybridized carbons (Fsp3) is 0.909. The van der Waals surface area contributed by atoms with E-state index in [-0.39, 0.29) is 6.10 Å². The third kappa shape index (κ3) is 5.18. The standard InChI is InChI=1S/C11H21NO3S/c12-10(11(14)15)7-16-6-9(13)5-8-3-1-2-4-8/h8-10,13H,1-7,12H2,(H,14,15). The Labute approximate surface area is 101 Å². The number of hydrogen-bond acceptors (Lipinski definition) is 4. The van der Waals surface area contributed by atoms with Gasteiger partial charge in [0.2, 0.25) is 0 Å². The summed E-state index contributed by atoms with van der Waals surface area (Å²) < 4.78 is 0. The average molecular weight is 247 g/mol. The minimum Gasteiger partial charge on any atom is -0.480 e. The molecule has 0 heterocycles. The molecule has 0 aliphatic heterocycles. The molecule has 0 aromatic rings. The second-order valence-electron chi connectivity index (χ2n) is 4.52. The van der Waals surface area contributed by atoms with Crippen molar-refractivity contribution < 1.29 is 15.0 Å². The number of carboxylic acid groups (broad SMARTS) is 1. The maximum absolute atomic E-state index is 10.5. The van der Waals surface area contributed by atoms with Crippen molar-refractivity contribution in [2.45, 2.75) is 44.2 Å². The number of carboxylic acids is 1. The van der Waals surface area contributed by atoms with Gasteiger partial charge in [-0.3, -0.25) is 4.79 Å². The summed E-state index contributed by atoms with van der Waals surface area (Å²) in [5, 5.41) is 18.3. The van der Waals surface area contributed by atoms with Crippen LogP contribution in [0.1, 0.15) is 32.1 Å². The Morgan fingerprint density at radius 2 is 2.00 bits per heavy atom. The lowest BCUT2D eigenvalue weighted by Gasteiger charge is -2.15. The van der Waals surface area contributed by atoms with Crippen molar-refractivity contribution in [1.82, 2.24) is 0 Å². The lowest BCUT2D eigenvalue weighted by atomic mass is 10.0. The summed E-state index contributed by atoms with van der Waals surface area (Å²) in [5.41, 5.74) is 5.36. The first-order valence-electron chi connectivity index (χ1n) is 5.83. The van der Waals surface area contributed by atoms with Crippen LogP contribution >= 0.6 is 11.8 Å². The number of aliphatic hydroxyl groups excluding tert-OH is 1. The highest BCUT2D eigenvalue weighted by atomic mass is 32.2. The normalized spacial score (nSPS) is 20.9. The Morgan fingerprint density at radius 1 is 1.38 bits per heavy atom. The van der Waals surface area contributed by atoms with Gasteiger partial charge in [-0.05, 0) is 12.3 Å². The molecule has 1 aliphatic rings. The molecule has 4 nitrogen and oxygen atoms in total. The summed E-state index contributed by atoms with van der Waals surface area (Å²) in [7, 11) is 0. The van der Waals surface area contributed by atoms with Crippen LogP contribution in [-0.4, -0.2) is 39.8 Å². The molecule has 0 bridgehead atoms. The first-order chi connectivity index (χ1) is 7.59. The lowest BCUT2D eigenvalue weighted by Crippen LogP contribution is -2.33. The summed E-state index contributed by atoms with van der Waals surface area (Å²) in [6.07, 6.45) is 5.58. The Hall–Kier alpha value is -0.260. The quantitative estimate of drug-likeness (QED) is 0.627. The highest BCUT2D eigenvalue weighted by Crippen LogP contribution is 2.29. The minimum atomic E-state index is -0.974. The zero-order valence-corrected chi connectivity index (χ0v) is 10.3. The zero-order chi connectivity index (χ0) is 12.0. The summed E-state index contributed by atoms with van der Waals surface area (Å²) >= 11 is 1.43. The molecule has 0 aromatic carbocycles. The molecule has 0 amide bonds. The fourth-order valence-corrected chi connectivity index (χ4v) is 3.04. The molecule has 0 radical (unpaired) electrons. The maximum atomic E-state index is 10.5. The fourth-order valence-electron chi connectivity index (χ4n) is 2.10. The van der Waals surface area contributed by atoms with Crippen LogP contribution in [-0.2, 0) is 4.79 Å². The third-order valence-electron chi connectivity index (χ3n) is 3.00. The van der Waals surface area contributed by atoms with Crippen LogP contribution < -0.4 is 5.73 Å². The number of nitrogens with two attached hydrogens (primary N) is 1. The van der Waals surface area contributed by atoms with Gasteiger partial charge in [-0.25, -0.2) is 0 Å². The van der Waals surface area contributed by atoms with Crippen LogP contribution in [0.25, 0.3) is 0 Å². The molecule has 4 N–H and O–H groups in total. The monoisotopic (exact) mass is 247 g/mol. The SMILES string of the molecule is NC(CSCC(O)CC1CCCC1)C(=O)O. The van der Waals surface area contributed by atoms with Crippen molar-refractivity contribution in [3.8, 4) is 0 Å². The van der Waals surface area contributed by atoms with Gasteiger partial charge in [0, 0.05) is 11.5 Å². The van der Waals surface area contributed by atoms with E-state index in [0.717, 1.165) is 6.42 Å². The number of aliphatic hydroxyl groups is 1. The molecule has 1 saturated carbocycles. The summed E-state index contributed by atoms with van der Waals surface area (Å²) in [4.78, 5) is 10.5. The van der Waals surface area contributed by atoms with Gasteiger partial charge in [-0.2, -0.15) is 11.8 Å². The van der Waals surface area contributed by atoms with Crippen molar-refractivity contribution in [3.05, 3.63) is 0 Å². The van der Waals surface area contributed by atoms with Gasteiger partial charge in [0.1, 0.15) is 6.04 Å². The van der Waals surface area contributed by atoms with E-state index in [1.165, 1.54) is 37.4 Å². The van der Waals surface area contributed by atoms with Gasteiger partial charge in [-0.1, -0.05) is 25.7 Å². The van der Waals surface area contributed by atoms with E-state index >= 15 is 0 Å². The summed E-state index contributed by atoms with van der Waals surface area (Å²) in [6.45, 7) is 0. The van der Waals surface area contributed by atoms with Gasteiger partial charge in [0.15, 0.2) is 0 Å². The number of rotatable bonds is 7. The van der Waals surface area contributed by atoms with Crippen LogP contribution in [0.5, 0.6) is 0 Å². The molecular formula is C11H21NO3S. The third-order valence-corrected chi connectivity index (χ3v) is 4.22. The molecule has 0 saturated heterocycles. The van der Waals surface area contributed by atoms with Gasteiger partial charge < -0.3 is 15.9 Å². The highest BCUT2D eigenvalue weighted by Gasteiger charge is 2.19. The second kappa shape index (κ2) is 7.14. The van der Waals surface area contributed by atoms with Gasteiger partial charge in [0.05, 0.1) is 6.10 Å². The first-order valence-corrected chi connectivity index (χ1v) is 6.99. The molecule has 94 valence electrons. The van der Waals surface area contributed by atoms with Crippen molar-refractivity contribution in [1.29, 1.82) is 0 Å². The molecule has 2 unspecified atom stereocenters. The van der Waals surface area contributed by atoms with Crippen LogP contribution in [0.2, 0.25) is 0 Å². The smallest absolute Gasteiger partial charge is 0.321 e. The van der Waals surface area contributed by atoms with E-state index in [4.69, 9.17) is 10.8 Å². The van der Waals surface area contributed by atoms with Gasteiger partial charge in [0.25, 0.3) is 0 Å². The topological polar surface area (TPSA) is 83.5 Å². The number of carbonyl (C=O) groups is 1. The van der Waals surface area contributed by atoms with E-state index in [0.29, 0.717) is 17.4 Å². The van der Waals surface area contributed by atoms with Crippen molar-refractivity contribution in [2.24, 2.45) is 11.7 Å². The zero-order valence-electron chi connectivity index (χ0n) is 9.47. The molecular weight excluding hydrogens is 226 g/mol. The molecule has 5 heteroatoms. The molecule has 1 rings (SSSR count). The maximum Gasteiger partial charge on any atom is 0.321 e. The molecule has 0 aromatic heterocycles. The second-order valence-corrected chi connectivity index (χ2v) is 5.60. The molecule has 2 atom stereocenters. The Balaban J connectivity index is 2.05. The van der Waals surface area contributed by atoms with E-state index < -0.39 is 12.0 Å². The van der Waals surface area contributed by atoms with Crippen LogP contribution in [0.15, 0.2) is 0 Å². The lowest BCUT2D eigenvalue weighted by molar-refractivity contribution is -0.137. The number of hydrogen-bond donors (Lipinski definition) is 3. The minimum absolute atomic E-state index is 0.311. The predicted molar refractivity (Wildman–Crippen MR) is 65.5 cm³/mol. The van der Waals surface area contributed by atoms with Gasteiger partial charge in [-0.15, -0.1) is 0 Å². The average Bonchev–Trinajstić information content (AvgIpc) is 2.70. The molecule has 0 spiro atoms. The number of thioether (sulfide) groups is 1. The summed E-state index contributed by atoms with van der Waals surface area (Å²) in [5.74, 6) is 0.663. The van der Waals surface area contributed by atoms with Crippen molar-refractivity contribution in [3.63, 3.8) is 0 Å². The number of aliphatic carboxylic acids is 1. The van der Waals surface area contributed by atoms with Crippen LogP contribution in [0.4, 0.5) is 0 Å².